The molecule has 2 aliphatic rings. The van der Waals surface area contributed by atoms with Gasteiger partial charge in [-0.1, -0.05) is 68.2 Å². The van der Waals surface area contributed by atoms with Crippen LogP contribution in [0.25, 0.3) is 10.6 Å². The molecule has 1 aromatic carbocycles. The molecule has 0 aliphatic heterocycles. The maximum Gasteiger partial charge on any atom is 0.317 e. The quantitative estimate of drug-likeness (QED) is 0.131. The van der Waals surface area contributed by atoms with E-state index in [0.29, 0.717) is 11.8 Å². The lowest BCUT2D eigenvalue weighted by molar-refractivity contribution is -0.169. The van der Waals surface area contributed by atoms with E-state index in [1.54, 1.807) is 22.7 Å². The van der Waals surface area contributed by atoms with Gasteiger partial charge in [0, 0.05) is 28.3 Å². The third-order valence-electron chi connectivity index (χ3n) is 7.97. The number of thiazole rings is 1. The number of benzene rings is 1. The zero-order valence-corrected chi connectivity index (χ0v) is 22.5. The average molecular weight is 521 g/mol. The van der Waals surface area contributed by atoms with Crippen LogP contribution in [0.1, 0.15) is 61.9 Å². The number of aromatic nitrogens is 1. The number of carbonyl (C=O) groups is 1. The highest BCUT2D eigenvalue weighted by Crippen LogP contribution is 2.45. The normalized spacial score (nSPS) is 23.4. The second kappa shape index (κ2) is 11.8. The van der Waals surface area contributed by atoms with Gasteiger partial charge in [0.15, 0.2) is 0 Å². The second-order valence-electron chi connectivity index (χ2n) is 10.2. The van der Waals surface area contributed by atoms with Crippen molar-refractivity contribution in [1.29, 1.82) is 0 Å². The van der Waals surface area contributed by atoms with E-state index in [2.05, 4.69) is 46.9 Å². The summed E-state index contributed by atoms with van der Waals surface area (Å²) in [7, 11) is 0. The van der Waals surface area contributed by atoms with Crippen LogP contribution in [0.4, 0.5) is 0 Å². The van der Waals surface area contributed by atoms with Crippen molar-refractivity contribution in [3.05, 3.63) is 76.5 Å². The number of hydrogen-bond acceptors (Lipinski definition) is 6. The van der Waals surface area contributed by atoms with Gasteiger partial charge in [-0.15, -0.1) is 29.3 Å². The Kier molecular flexibility index (Phi) is 8.35. The number of allylic oxidation sites excluding steroid dienone is 1. The van der Waals surface area contributed by atoms with E-state index >= 15 is 0 Å². The summed E-state index contributed by atoms with van der Waals surface area (Å²) in [5, 5.41) is 8.84. The molecule has 190 valence electrons. The molecule has 2 aromatic heterocycles. The highest BCUT2D eigenvalue weighted by molar-refractivity contribution is 7.13. The standard InChI is InChI=1S/C30H36N2O2S2/c1-2-22-19-26(34-29(33)30(27-13-10-18-35-27)15-8-3-4-9-16-30)25(22)14-17-31-20-24-21-36-28(32-24)23-11-6-5-7-12-23/h2,5-7,10-13,18,21-22,25-26,31H,1,3-4,8-9,14-17,19-20H2/t22?,25?,26-/m0/s1. The number of nitrogens with zero attached hydrogens (tertiary/aromatic N) is 1. The number of ether oxygens (including phenoxy) is 1. The Morgan fingerprint density at radius 1 is 1.11 bits per heavy atom. The lowest BCUT2D eigenvalue weighted by Crippen LogP contribution is -2.48. The van der Waals surface area contributed by atoms with Crippen molar-refractivity contribution >= 4 is 28.6 Å². The fraction of sp³-hybridized carbons (Fsp3) is 0.467. The monoisotopic (exact) mass is 520 g/mol. The molecule has 5 rings (SSSR count). The molecule has 2 unspecified atom stereocenters. The van der Waals surface area contributed by atoms with Gasteiger partial charge < -0.3 is 10.1 Å². The van der Waals surface area contributed by atoms with Gasteiger partial charge in [-0.25, -0.2) is 4.98 Å². The van der Waals surface area contributed by atoms with Crippen molar-refractivity contribution in [2.45, 2.75) is 69.4 Å². The van der Waals surface area contributed by atoms with E-state index in [4.69, 9.17) is 9.72 Å². The predicted molar refractivity (Wildman–Crippen MR) is 149 cm³/mol. The summed E-state index contributed by atoms with van der Waals surface area (Å²) >= 11 is 3.39. The zero-order valence-electron chi connectivity index (χ0n) is 20.9. The van der Waals surface area contributed by atoms with Crippen molar-refractivity contribution in [3.63, 3.8) is 0 Å². The predicted octanol–water partition coefficient (Wildman–Crippen LogP) is 7.38. The first-order chi connectivity index (χ1) is 17.7. The van der Waals surface area contributed by atoms with Crippen molar-refractivity contribution in [2.24, 2.45) is 11.8 Å². The van der Waals surface area contributed by atoms with Gasteiger partial charge in [0.1, 0.15) is 16.5 Å². The second-order valence-corrected chi connectivity index (χ2v) is 12.0. The molecule has 0 radical (unpaired) electrons. The molecule has 0 saturated heterocycles. The maximum absolute atomic E-state index is 13.7. The Bertz CT molecular complexity index is 1120. The van der Waals surface area contributed by atoms with Crippen LogP contribution in [-0.4, -0.2) is 23.6 Å². The van der Waals surface area contributed by atoms with Crippen molar-refractivity contribution < 1.29 is 9.53 Å². The summed E-state index contributed by atoms with van der Waals surface area (Å²) in [5.74, 6) is 0.758. The number of esters is 1. The minimum atomic E-state index is -0.451. The van der Waals surface area contributed by atoms with Gasteiger partial charge in [-0.2, -0.15) is 0 Å². The van der Waals surface area contributed by atoms with Crippen molar-refractivity contribution in [2.75, 3.05) is 6.54 Å². The van der Waals surface area contributed by atoms with Crippen LogP contribution in [-0.2, 0) is 21.5 Å². The summed E-state index contributed by atoms with van der Waals surface area (Å²) < 4.78 is 6.30. The molecule has 2 heterocycles. The van der Waals surface area contributed by atoms with Gasteiger partial charge in [0.05, 0.1) is 5.69 Å². The Hall–Kier alpha value is -2.28. The topological polar surface area (TPSA) is 51.2 Å². The first kappa shape index (κ1) is 25.4. The van der Waals surface area contributed by atoms with Crippen LogP contribution < -0.4 is 5.32 Å². The zero-order chi connectivity index (χ0) is 24.8. The molecule has 4 nitrogen and oxygen atoms in total. The van der Waals surface area contributed by atoms with E-state index in [-0.39, 0.29) is 12.1 Å². The van der Waals surface area contributed by atoms with Crippen LogP contribution in [0, 0.1) is 11.8 Å². The SMILES string of the molecule is C=CC1C[C@H](OC(=O)C2(c3cccs3)CCCCCC2)C1CCNCc1csc(-c2ccccc2)n1. The number of rotatable bonds is 10. The van der Waals surface area contributed by atoms with E-state index in [9.17, 15) is 4.79 Å². The lowest BCUT2D eigenvalue weighted by atomic mass is 9.69. The Morgan fingerprint density at radius 2 is 1.92 bits per heavy atom. The molecule has 2 aliphatic carbocycles. The summed E-state index contributed by atoms with van der Waals surface area (Å²) in [6, 6.07) is 14.5. The van der Waals surface area contributed by atoms with Crippen molar-refractivity contribution in [1.82, 2.24) is 10.3 Å². The van der Waals surface area contributed by atoms with E-state index in [1.165, 1.54) is 17.7 Å². The third-order valence-corrected chi connectivity index (χ3v) is 9.98. The minimum absolute atomic E-state index is 0.00763. The first-order valence-corrected chi connectivity index (χ1v) is 15.0. The Balaban J connectivity index is 1.15. The molecule has 3 aromatic rings. The average Bonchev–Trinajstić information content (AvgIpc) is 3.55. The number of hydrogen-bond donors (Lipinski definition) is 1. The molecule has 3 atom stereocenters. The largest absolute Gasteiger partial charge is 0.461 e. The molecule has 36 heavy (non-hydrogen) atoms. The van der Waals surface area contributed by atoms with Gasteiger partial charge in [-0.05, 0) is 49.6 Å². The number of nitrogens with one attached hydrogen (secondary N) is 1. The molecule has 2 fully saturated rings. The Labute approximate surface area is 222 Å². The van der Waals surface area contributed by atoms with E-state index in [1.807, 2.05) is 24.3 Å². The molecular weight excluding hydrogens is 484 g/mol. The lowest BCUT2D eigenvalue weighted by Gasteiger charge is -2.44. The highest BCUT2D eigenvalue weighted by Gasteiger charge is 2.47. The fourth-order valence-electron chi connectivity index (χ4n) is 5.78. The van der Waals surface area contributed by atoms with Crippen LogP contribution in [0.2, 0.25) is 0 Å². The highest BCUT2D eigenvalue weighted by atomic mass is 32.1. The van der Waals surface area contributed by atoms with Gasteiger partial charge in [-0.3, -0.25) is 4.79 Å². The molecule has 0 spiro atoms. The summed E-state index contributed by atoms with van der Waals surface area (Å²) in [6.45, 7) is 5.67. The first-order valence-electron chi connectivity index (χ1n) is 13.3. The Morgan fingerprint density at radius 3 is 2.64 bits per heavy atom. The number of carbonyl (C=O) groups excluding carboxylic acids is 1. The maximum atomic E-state index is 13.7. The molecule has 0 amide bonds. The summed E-state index contributed by atoms with van der Waals surface area (Å²) in [6.07, 6.45) is 10.3. The molecule has 6 heteroatoms. The molecule has 0 bridgehead atoms. The van der Waals surface area contributed by atoms with Crippen LogP contribution in [0.3, 0.4) is 0 Å². The number of thiophene rings is 1. The van der Waals surface area contributed by atoms with Gasteiger partial charge in [0.25, 0.3) is 0 Å². The third kappa shape index (κ3) is 5.51. The van der Waals surface area contributed by atoms with Crippen LogP contribution >= 0.6 is 22.7 Å². The van der Waals surface area contributed by atoms with Crippen LogP contribution in [0.5, 0.6) is 0 Å². The molecular formula is C30H36N2O2S2. The van der Waals surface area contributed by atoms with Crippen molar-refractivity contribution in [3.8, 4) is 10.6 Å². The van der Waals surface area contributed by atoms with Gasteiger partial charge in [0.2, 0.25) is 0 Å². The summed E-state index contributed by atoms with van der Waals surface area (Å²) in [5.41, 5.74) is 1.78. The van der Waals surface area contributed by atoms with E-state index in [0.717, 1.165) is 67.9 Å². The molecule has 2 saturated carbocycles. The summed E-state index contributed by atoms with van der Waals surface area (Å²) in [4.78, 5) is 19.7. The minimum Gasteiger partial charge on any atom is -0.461 e. The van der Waals surface area contributed by atoms with Crippen LogP contribution in [0.15, 0.2) is 65.9 Å². The fourth-order valence-corrected chi connectivity index (χ4v) is 7.57. The smallest absolute Gasteiger partial charge is 0.317 e. The molecule has 1 N–H and O–H groups in total. The van der Waals surface area contributed by atoms with Gasteiger partial charge >= 0.3 is 5.97 Å². The van der Waals surface area contributed by atoms with E-state index < -0.39 is 5.41 Å².